The minimum absolute atomic E-state index is 0.507. The zero-order valence-corrected chi connectivity index (χ0v) is 14.4. The molecule has 0 spiro atoms. The number of hydrogen-bond acceptors (Lipinski definition) is 3. The molecule has 0 radical (unpaired) electrons. The van der Waals surface area contributed by atoms with Crippen LogP contribution in [0.25, 0.3) is 10.9 Å². The summed E-state index contributed by atoms with van der Waals surface area (Å²) in [5.41, 5.74) is 2.75. The van der Waals surface area contributed by atoms with Gasteiger partial charge in [-0.05, 0) is 50.1 Å². The molecule has 0 aliphatic rings. The van der Waals surface area contributed by atoms with E-state index in [1.807, 2.05) is 42.5 Å². The van der Waals surface area contributed by atoms with E-state index >= 15 is 0 Å². The van der Waals surface area contributed by atoms with Crippen molar-refractivity contribution in [3.8, 4) is 0 Å². The molecule has 102 valence electrons. The minimum atomic E-state index is -0.555. The number of fused-ring (bicyclic) bond motifs is 1. The molecule has 1 N–H and O–H groups in total. The van der Waals surface area contributed by atoms with Crippen molar-refractivity contribution in [2.24, 2.45) is 0 Å². The van der Waals surface area contributed by atoms with Crippen LogP contribution in [-0.2, 0) is 6.42 Å². The number of benzene rings is 1. The van der Waals surface area contributed by atoms with E-state index in [1.54, 1.807) is 11.3 Å². The average molecular weight is 413 g/mol. The average Bonchev–Trinajstić information content (AvgIpc) is 2.78. The fraction of sp³-hybridized carbons (Fsp3) is 0.133. The lowest BCUT2D eigenvalue weighted by molar-refractivity contribution is 0.177. The maximum atomic E-state index is 10.4. The molecule has 2 heterocycles. The van der Waals surface area contributed by atoms with Gasteiger partial charge in [0.1, 0.15) is 0 Å². The van der Waals surface area contributed by atoms with Crippen molar-refractivity contribution in [3.63, 3.8) is 0 Å². The van der Waals surface area contributed by atoms with Gasteiger partial charge in [-0.25, -0.2) is 0 Å². The molecule has 1 unspecified atom stereocenters. The summed E-state index contributed by atoms with van der Waals surface area (Å²) in [6.07, 6.45) is -0.0485. The summed E-state index contributed by atoms with van der Waals surface area (Å²) in [5, 5.41) is 11.5. The molecule has 0 bridgehead atoms. The fourth-order valence-corrected chi connectivity index (χ4v) is 5.07. The van der Waals surface area contributed by atoms with Crippen molar-refractivity contribution < 1.29 is 5.11 Å². The van der Waals surface area contributed by atoms with E-state index in [4.69, 9.17) is 0 Å². The molecule has 1 aromatic carbocycles. The molecule has 0 saturated heterocycles. The SMILES string of the molecule is OC(Cc1ccc2ccccc2n1)c1cc(Br)sc1Br. The second-order valence-corrected chi connectivity index (χ2v) is 8.24. The number of thiophene rings is 1. The van der Waals surface area contributed by atoms with Crippen LogP contribution in [0.15, 0.2) is 50.0 Å². The van der Waals surface area contributed by atoms with Gasteiger partial charge >= 0.3 is 0 Å². The van der Waals surface area contributed by atoms with Gasteiger partial charge in [0.2, 0.25) is 0 Å². The third-order valence-electron chi connectivity index (χ3n) is 3.10. The zero-order valence-electron chi connectivity index (χ0n) is 10.4. The predicted molar refractivity (Wildman–Crippen MR) is 90.1 cm³/mol. The third kappa shape index (κ3) is 2.96. The number of pyridine rings is 1. The van der Waals surface area contributed by atoms with Crippen molar-refractivity contribution >= 4 is 54.1 Å². The van der Waals surface area contributed by atoms with Crippen molar-refractivity contribution in [3.05, 3.63) is 61.3 Å². The summed E-state index contributed by atoms with van der Waals surface area (Å²) in [4.78, 5) is 4.59. The summed E-state index contributed by atoms with van der Waals surface area (Å²) < 4.78 is 1.96. The first-order chi connectivity index (χ1) is 9.63. The third-order valence-corrected chi connectivity index (χ3v) is 5.49. The Hall–Kier alpha value is -0.750. The molecule has 0 saturated carbocycles. The molecular formula is C15H11Br2NOS. The second kappa shape index (κ2) is 5.93. The predicted octanol–water partition coefficient (Wildman–Crippen LogP) is 5.10. The van der Waals surface area contributed by atoms with Crippen LogP contribution in [0.5, 0.6) is 0 Å². The Balaban J connectivity index is 1.87. The topological polar surface area (TPSA) is 33.1 Å². The Kier molecular flexibility index (Phi) is 4.21. The molecule has 3 aromatic rings. The number of aliphatic hydroxyl groups excluding tert-OH is 1. The first kappa shape index (κ1) is 14.2. The van der Waals surface area contributed by atoms with Gasteiger partial charge in [0.25, 0.3) is 0 Å². The number of hydrogen-bond donors (Lipinski definition) is 1. The number of nitrogens with zero attached hydrogens (tertiary/aromatic N) is 1. The van der Waals surface area contributed by atoms with Crippen LogP contribution in [-0.4, -0.2) is 10.1 Å². The van der Waals surface area contributed by atoms with Crippen LogP contribution in [0.4, 0.5) is 0 Å². The first-order valence-electron chi connectivity index (χ1n) is 6.11. The monoisotopic (exact) mass is 411 g/mol. The van der Waals surface area contributed by atoms with E-state index < -0.39 is 6.10 Å². The molecule has 0 amide bonds. The summed E-state index contributed by atoms with van der Waals surface area (Å²) >= 11 is 8.47. The fourth-order valence-electron chi connectivity index (χ4n) is 2.11. The number of aliphatic hydroxyl groups is 1. The normalized spacial score (nSPS) is 12.8. The highest BCUT2D eigenvalue weighted by Gasteiger charge is 2.15. The standard InChI is InChI=1S/C15H11Br2NOS/c16-14-8-11(15(17)20-14)13(19)7-10-6-5-9-3-1-2-4-12(9)18-10/h1-6,8,13,19H,7H2. The molecule has 1 atom stereocenters. The summed E-state index contributed by atoms with van der Waals surface area (Å²) in [5.74, 6) is 0. The Morgan fingerprint density at radius 1 is 1.15 bits per heavy atom. The Bertz CT molecular complexity index is 756. The van der Waals surface area contributed by atoms with Gasteiger partial charge < -0.3 is 5.11 Å². The van der Waals surface area contributed by atoms with Crippen LogP contribution in [0.1, 0.15) is 17.4 Å². The minimum Gasteiger partial charge on any atom is -0.388 e. The van der Waals surface area contributed by atoms with E-state index in [0.29, 0.717) is 6.42 Å². The zero-order chi connectivity index (χ0) is 14.1. The molecule has 5 heteroatoms. The number of halogens is 2. The summed E-state index contributed by atoms with van der Waals surface area (Å²) in [6, 6.07) is 14.0. The van der Waals surface area contributed by atoms with Crippen molar-refractivity contribution in [2.45, 2.75) is 12.5 Å². The van der Waals surface area contributed by atoms with Gasteiger partial charge in [-0.15, -0.1) is 11.3 Å². The molecule has 0 fully saturated rings. The van der Waals surface area contributed by atoms with E-state index in [-0.39, 0.29) is 0 Å². The lowest BCUT2D eigenvalue weighted by atomic mass is 10.1. The Morgan fingerprint density at radius 2 is 1.95 bits per heavy atom. The van der Waals surface area contributed by atoms with Crippen LogP contribution < -0.4 is 0 Å². The van der Waals surface area contributed by atoms with Crippen molar-refractivity contribution in [1.29, 1.82) is 0 Å². The van der Waals surface area contributed by atoms with Gasteiger partial charge in [0.05, 0.1) is 19.2 Å². The summed E-state index contributed by atoms with van der Waals surface area (Å²) in [6.45, 7) is 0. The summed E-state index contributed by atoms with van der Waals surface area (Å²) in [7, 11) is 0. The highest BCUT2D eigenvalue weighted by molar-refractivity contribution is 9.12. The van der Waals surface area contributed by atoms with E-state index in [1.165, 1.54) is 0 Å². The van der Waals surface area contributed by atoms with Crippen molar-refractivity contribution in [1.82, 2.24) is 4.98 Å². The highest BCUT2D eigenvalue weighted by atomic mass is 79.9. The molecule has 20 heavy (non-hydrogen) atoms. The lowest BCUT2D eigenvalue weighted by Gasteiger charge is -2.10. The maximum absolute atomic E-state index is 10.4. The van der Waals surface area contributed by atoms with Crippen molar-refractivity contribution in [2.75, 3.05) is 0 Å². The van der Waals surface area contributed by atoms with Gasteiger partial charge in [0, 0.05) is 23.1 Å². The van der Waals surface area contributed by atoms with Gasteiger partial charge in [0.15, 0.2) is 0 Å². The quantitative estimate of drug-likeness (QED) is 0.649. The van der Waals surface area contributed by atoms with Gasteiger partial charge in [-0.2, -0.15) is 0 Å². The lowest BCUT2D eigenvalue weighted by Crippen LogP contribution is -2.03. The van der Waals surface area contributed by atoms with Crippen LogP contribution >= 0.6 is 43.2 Å². The van der Waals surface area contributed by atoms with E-state index in [9.17, 15) is 5.11 Å². The Labute approximate surface area is 137 Å². The molecule has 0 aliphatic carbocycles. The molecular weight excluding hydrogens is 402 g/mol. The number of aromatic nitrogens is 1. The number of rotatable bonds is 3. The highest BCUT2D eigenvalue weighted by Crippen LogP contribution is 2.36. The smallest absolute Gasteiger partial charge is 0.0865 e. The molecule has 3 rings (SSSR count). The molecule has 2 aromatic heterocycles. The van der Waals surface area contributed by atoms with Crippen LogP contribution in [0.3, 0.4) is 0 Å². The van der Waals surface area contributed by atoms with Gasteiger partial charge in [-0.3, -0.25) is 4.98 Å². The Morgan fingerprint density at radius 3 is 2.70 bits per heavy atom. The first-order valence-corrected chi connectivity index (χ1v) is 8.51. The molecule has 2 nitrogen and oxygen atoms in total. The van der Waals surface area contributed by atoms with E-state index in [2.05, 4.69) is 36.8 Å². The van der Waals surface area contributed by atoms with E-state index in [0.717, 1.165) is 29.7 Å². The largest absolute Gasteiger partial charge is 0.388 e. The van der Waals surface area contributed by atoms with Crippen LogP contribution in [0.2, 0.25) is 0 Å². The number of para-hydroxylation sites is 1. The van der Waals surface area contributed by atoms with Gasteiger partial charge in [-0.1, -0.05) is 24.3 Å². The molecule has 0 aliphatic heterocycles. The maximum Gasteiger partial charge on any atom is 0.0865 e. The van der Waals surface area contributed by atoms with Crippen LogP contribution in [0, 0.1) is 0 Å². The second-order valence-electron chi connectivity index (χ2n) is 4.49.